The Bertz CT molecular complexity index is 3350. The molecule has 0 aromatic carbocycles. The van der Waals surface area contributed by atoms with E-state index in [4.69, 9.17) is 37.9 Å². The molecular weight excluding hydrogens is 1290 g/mol. The highest BCUT2D eigenvalue weighted by Crippen LogP contribution is 2.47. The van der Waals surface area contributed by atoms with Crippen LogP contribution in [0.2, 0.25) is 0 Å². The fourth-order valence-electron chi connectivity index (χ4n) is 16.8. The number of aliphatic hydroxyl groups excluding tert-OH is 1. The molecule has 3 aromatic heterocycles. The van der Waals surface area contributed by atoms with Gasteiger partial charge in [0.05, 0.1) is 42.5 Å². The number of ether oxygens (including phenoxy) is 8. The second kappa shape index (κ2) is 34.4. The van der Waals surface area contributed by atoms with E-state index in [-0.39, 0.29) is 60.0 Å². The fourth-order valence-corrected chi connectivity index (χ4v) is 16.8. The van der Waals surface area contributed by atoms with Crippen molar-refractivity contribution >= 4 is 47.3 Å². The molecule has 1 amide bonds. The van der Waals surface area contributed by atoms with Crippen LogP contribution in [-0.4, -0.2) is 160 Å². The van der Waals surface area contributed by atoms with Crippen molar-refractivity contribution in [3.63, 3.8) is 0 Å². The summed E-state index contributed by atoms with van der Waals surface area (Å²) in [5.74, 6) is -7.39. The number of cyclic esters (lactones) is 2. The van der Waals surface area contributed by atoms with Crippen molar-refractivity contribution in [2.24, 2.45) is 70.0 Å². The molecule has 4 fully saturated rings. The first-order valence-electron chi connectivity index (χ1n) is 37.1. The Morgan fingerprint density at radius 1 is 0.663 bits per heavy atom. The minimum Gasteiger partial charge on any atom is -0.457 e. The van der Waals surface area contributed by atoms with E-state index in [1.165, 1.54) is 30.2 Å². The van der Waals surface area contributed by atoms with Crippen LogP contribution in [0.5, 0.6) is 0 Å². The molecule has 8 heterocycles. The number of carbonyl (C=O) groups excluding carboxylic acids is 8. The summed E-state index contributed by atoms with van der Waals surface area (Å²) in [6.07, 6.45) is 10.7. The van der Waals surface area contributed by atoms with Gasteiger partial charge in [0.2, 0.25) is 0 Å². The second-order valence-corrected chi connectivity index (χ2v) is 31.5. The number of pyridine rings is 1. The number of hydrogen-bond donors (Lipinski definition) is 1. The largest absolute Gasteiger partial charge is 0.457 e. The first-order chi connectivity index (χ1) is 47.4. The number of esters is 2. The summed E-state index contributed by atoms with van der Waals surface area (Å²) in [7, 11) is 0. The van der Waals surface area contributed by atoms with Crippen LogP contribution in [0.25, 0.3) is 11.3 Å². The zero-order valence-corrected chi connectivity index (χ0v) is 64.0. The number of hydrogen-bond acceptors (Lipinski definition) is 20. The molecule has 0 saturated carbocycles. The average molecular weight is 1410 g/mol. The maximum absolute atomic E-state index is 14.7. The van der Waals surface area contributed by atoms with Crippen molar-refractivity contribution < 1.29 is 81.4 Å². The number of aryl methyl sites for hydroxylation is 1. The zero-order chi connectivity index (χ0) is 75.0. The third-order valence-electron chi connectivity index (χ3n) is 22.6. The summed E-state index contributed by atoms with van der Waals surface area (Å²) >= 11 is 0. The van der Waals surface area contributed by atoms with Gasteiger partial charge in [0.1, 0.15) is 42.3 Å². The molecule has 5 aliphatic rings. The summed E-state index contributed by atoms with van der Waals surface area (Å²) in [6, 6.07) is 3.10. The molecule has 8 rings (SSSR count). The van der Waals surface area contributed by atoms with E-state index >= 15 is 0 Å². The number of aromatic nitrogens is 5. The lowest BCUT2D eigenvalue weighted by atomic mass is 9.68. The maximum atomic E-state index is 14.7. The van der Waals surface area contributed by atoms with Gasteiger partial charge in [-0.05, 0) is 145 Å². The molecule has 5 aliphatic heterocycles. The molecule has 0 radical (unpaired) electrons. The minimum absolute atomic E-state index is 0.00343. The molecule has 3 aromatic rings. The van der Waals surface area contributed by atoms with Gasteiger partial charge in [0, 0.05) is 85.1 Å². The van der Waals surface area contributed by atoms with Crippen molar-refractivity contribution in [1.82, 2.24) is 29.0 Å². The molecule has 1 N–H and O–H groups in total. The van der Waals surface area contributed by atoms with Gasteiger partial charge < -0.3 is 52.5 Å². The molecule has 22 atom stereocenters. The van der Waals surface area contributed by atoms with Crippen LogP contribution in [0.3, 0.4) is 0 Å². The Morgan fingerprint density at radius 3 is 1.78 bits per heavy atom. The highest BCUT2D eigenvalue weighted by molar-refractivity contribution is 6.01. The highest BCUT2D eigenvalue weighted by atomic mass is 16.7. The average Bonchev–Trinajstić information content (AvgIpc) is 1.57. The molecule has 4 saturated heterocycles. The molecule has 101 heavy (non-hydrogen) atoms. The Morgan fingerprint density at radius 2 is 1.23 bits per heavy atom. The van der Waals surface area contributed by atoms with E-state index in [1.54, 1.807) is 71.2 Å². The molecule has 0 bridgehead atoms. The standard InChI is InChI=1S/C43H64N4O9.C35H54N2O8/c1-11-33-43(12-2)37(47(41(52)56-43)19-14-13-18-46-23-32(45-24-46)31-16-15-17-44-22-31)28(6)34(48)26(4)21-42(9,10)38(29(7)36(50)30(8)39(51)54-33)55-40-35(49)25(3)20-27(5)53-40;1-12-27-35(13-2,45-33(41)37-15-14-36-19-37)18-22(5)28(38)21(4)17-34(10,11)30(25(8)29(39)26(9)31(40)43-27)44-32-24(7)20(3)16-23(6)42-32/h15-17,22-30,33,35,37-38,40,49H,11-14,18-21H2,1-10H3;14-15,18-21,23-27,30,32H,12-13,16-17H2,1-11H3/b;22-18+/t25-,26+,27+,28-,29-,30+,33+,35+,37+,38+,40?,43+;20-,21+,23+,24+,25-,26+,27+,30+,32?,35-/m00/s1. The SMILES string of the molecule is CC[C@H]1OC(=O)[C@H](C)C(=O)[C@H](C)[C@@H](OC2O[C@H](C)C[C@H](C)[C@H]2C)C(C)(C)C[C@@H](C)C(=O)/C(C)=C/[C@]1(CC)OC(=O)n1ccnc1.CC[C@H]1OC(=O)[C@H](C)C(=O)[C@H](C)[C@@H](OC2O[C@H](C)C[C@H](C)[C@H]2O)C(C)(C)C[C@@H](C)C(=O)[C@H](C)[C@H]2N(CCCCn3cnc(-c4cccnc4)c3)C(=O)O[C@]12CC. The fraction of sp³-hybridized carbons (Fsp3) is 0.731. The van der Waals surface area contributed by atoms with Crippen molar-refractivity contribution in [2.45, 2.75) is 289 Å². The molecule has 23 heteroatoms. The lowest BCUT2D eigenvalue weighted by molar-refractivity contribution is -0.284. The van der Waals surface area contributed by atoms with Gasteiger partial charge in [-0.25, -0.2) is 24.1 Å². The van der Waals surface area contributed by atoms with E-state index in [9.17, 15) is 43.5 Å². The topological polar surface area (TPSA) is 282 Å². The van der Waals surface area contributed by atoms with Gasteiger partial charge in [-0.2, -0.15) is 0 Å². The summed E-state index contributed by atoms with van der Waals surface area (Å²) in [6.45, 7) is 40.3. The molecule has 562 valence electrons. The number of rotatable bonds is 15. The third-order valence-corrected chi connectivity index (χ3v) is 22.6. The third kappa shape index (κ3) is 18.5. The first-order valence-corrected chi connectivity index (χ1v) is 37.1. The summed E-state index contributed by atoms with van der Waals surface area (Å²) in [5.41, 5.74) is -2.08. The van der Waals surface area contributed by atoms with Crippen LogP contribution in [0.1, 0.15) is 210 Å². The van der Waals surface area contributed by atoms with Crippen molar-refractivity contribution in [3.05, 3.63) is 67.4 Å². The number of allylic oxidation sites excluding steroid dienone is 1. The molecule has 2 unspecified atom stereocenters. The van der Waals surface area contributed by atoms with E-state index in [0.717, 1.165) is 24.1 Å². The van der Waals surface area contributed by atoms with E-state index in [2.05, 4.69) is 28.8 Å². The van der Waals surface area contributed by atoms with Crippen LogP contribution in [0, 0.1) is 70.0 Å². The van der Waals surface area contributed by atoms with Gasteiger partial charge in [0.25, 0.3) is 0 Å². The van der Waals surface area contributed by atoms with Gasteiger partial charge >= 0.3 is 24.1 Å². The van der Waals surface area contributed by atoms with Crippen molar-refractivity contribution in [1.29, 1.82) is 0 Å². The lowest BCUT2D eigenvalue weighted by Crippen LogP contribution is -2.59. The summed E-state index contributed by atoms with van der Waals surface area (Å²) in [5, 5.41) is 11.1. The van der Waals surface area contributed by atoms with E-state index in [1.807, 2.05) is 106 Å². The van der Waals surface area contributed by atoms with Gasteiger partial charge in [-0.3, -0.25) is 33.8 Å². The van der Waals surface area contributed by atoms with Crippen LogP contribution < -0.4 is 0 Å². The smallest absolute Gasteiger partial charge is 0.420 e. The maximum Gasteiger partial charge on any atom is 0.420 e. The van der Waals surface area contributed by atoms with E-state index in [0.29, 0.717) is 63.1 Å². The summed E-state index contributed by atoms with van der Waals surface area (Å²) < 4.78 is 53.4. The number of Topliss-reactive ketones (excluding diaryl/α,β-unsaturated/α-hetero) is 4. The lowest BCUT2D eigenvalue weighted by Gasteiger charge is -2.46. The highest BCUT2D eigenvalue weighted by Gasteiger charge is 2.62. The Balaban J connectivity index is 0.000000291. The van der Waals surface area contributed by atoms with E-state index < -0.39 is 137 Å². The van der Waals surface area contributed by atoms with Gasteiger partial charge in [0.15, 0.2) is 41.1 Å². The number of nitrogens with zero attached hydrogens (tertiary/aromatic N) is 6. The normalized spacial score (nSPS) is 36.8. The Hall–Kier alpha value is -6.53. The predicted molar refractivity (Wildman–Crippen MR) is 378 cm³/mol. The second-order valence-electron chi connectivity index (χ2n) is 31.5. The number of carbonyl (C=O) groups is 8. The van der Waals surface area contributed by atoms with Crippen LogP contribution in [0.4, 0.5) is 9.59 Å². The molecular formula is C78H118N6O17. The number of amides is 1. The number of aliphatic hydroxyl groups is 1. The van der Waals surface area contributed by atoms with Crippen molar-refractivity contribution in [3.8, 4) is 11.3 Å². The zero-order valence-electron chi connectivity index (χ0n) is 64.0. The monoisotopic (exact) mass is 1410 g/mol. The molecule has 23 nitrogen and oxygen atoms in total. The number of fused-ring (bicyclic) bond motifs is 1. The minimum atomic E-state index is -1.47. The number of ketones is 4. The quantitative estimate of drug-likeness (QED) is 0.0640. The van der Waals surface area contributed by atoms with Gasteiger partial charge in [-0.15, -0.1) is 0 Å². The molecule has 0 spiro atoms. The summed E-state index contributed by atoms with van der Waals surface area (Å²) in [4.78, 5) is 126. The Labute approximate surface area is 599 Å². The van der Waals surface area contributed by atoms with Gasteiger partial charge in [-0.1, -0.05) is 111 Å². The van der Waals surface area contributed by atoms with Crippen LogP contribution in [0.15, 0.2) is 67.4 Å². The van der Waals surface area contributed by atoms with Crippen molar-refractivity contribution in [2.75, 3.05) is 6.54 Å². The first kappa shape index (κ1) is 81.8. The predicted octanol–water partition coefficient (Wildman–Crippen LogP) is 13.2. The number of imidazole rings is 2. The molecule has 0 aliphatic carbocycles. The Kier molecular flexibility index (Phi) is 27.8. The number of unbranched alkanes of at least 4 members (excludes halogenated alkanes) is 1. The van der Waals surface area contributed by atoms with Crippen LogP contribution >= 0.6 is 0 Å². The van der Waals surface area contributed by atoms with Crippen LogP contribution in [-0.2, 0) is 73.2 Å².